The minimum Gasteiger partial charge on any atom is -0.453 e. The fourth-order valence-electron chi connectivity index (χ4n) is 1.92. The third-order valence-electron chi connectivity index (χ3n) is 3.30. The molecule has 0 aromatic rings. The molecule has 1 unspecified atom stereocenters. The van der Waals surface area contributed by atoms with Gasteiger partial charge in [0.25, 0.3) is 0 Å². The number of hydrogen-bond donors (Lipinski definition) is 1. The molecular formula is C12H22N2O3. The largest absolute Gasteiger partial charge is 0.453 e. The lowest BCUT2D eigenvalue weighted by molar-refractivity contribution is -0.127. The molecule has 0 radical (unpaired) electrons. The van der Waals surface area contributed by atoms with Gasteiger partial charge in [-0.25, -0.2) is 4.79 Å². The Labute approximate surface area is 102 Å². The predicted molar refractivity (Wildman–Crippen MR) is 64.6 cm³/mol. The third kappa shape index (κ3) is 3.91. The maximum Gasteiger partial charge on any atom is 0.409 e. The van der Waals surface area contributed by atoms with Gasteiger partial charge in [-0.05, 0) is 26.2 Å². The molecule has 0 bridgehead atoms. The second kappa shape index (κ2) is 6.47. The Morgan fingerprint density at radius 3 is 2.47 bits per heavy atom. The second-order valence-corrected chi connectivity index (χ2v) is 4.55. The van der Waals surface area contributed by atoms with Crippen molar-refractivity contribution in [2.75, 3.05) is 20.2 Å². The number of methoxy groups -OCH3 is 1. The van der Waals surface area contributed by atoms with E-state index in [9.17, 15) is 9.59 Å². The lowest BCUT2D eigenvalue weighted by atomic mass is 9.96. The monoisotopic (exact) mass is 242 g/mol. The highest BCUT2D eigenvalue weighted by Gasteiger charge is 2.27. The van der Waals surface area contributed by atoms with Crippen LogP contribution in [0.5, 0.6) is 0 Å². The van der Waals surface area contributed by atoms with E-state index in [2.05, 4.69) is 10.1 Å². The van der Waals surface area contributed by atoms with Gasteiger partial charge in [0.05, 0.1) is 7.11 Å². The van der Waals surface area contributed by atoms with E-state index in [0.29, 0.717) is 13.1 Å². The number of carbonyl (C=O) groups excluding carboxylic acids is 2. The van der Waals surface area contributed by atoms with E-state index in [1.54, 1.807) is 4.90 Å². The zero-order valence-electron chi connectivity index (χ0n) is 10.9. The zero-order chi connectivity index (χ0) is 12.8. The molecule has 2 amide bonds. The van der Waals surface area contributed by atoms with Crippen molar-refractivity contribution in [1.29, 1.82) is 0 Å². The molecule has 1 aliphatic rings. The zero-order valence-corrected chi connectivity index (χ0v) is 10.9. The van der Waals surface area contributed by atoms with Crippen LogP contribution in [0.1, 0.15) is 33.1 Å². The van der Waals surface area contributed by atoms with Gasteiger partial charge in [0, 0.05) is 25.0 Å². The smallest absolute Gasteiger partial charge is 0.409 e. The van der Waals surface area contributed by atoms with Crippen molar-refractivity contribution in [3.05, 3.63) is 0 Å². The minimum absolute atomic E-state index is 0.0323. The molecule has 98 valence electrons. The Morgan fingerprint density at radius 1 is 1.41 bits per heavy atom. The van der Waals surface area contributed by atoms with Crippen molar-refractivity contribution in [3.63, 3.8) is 0 Å². The molecule has 1 fully saturated rings. The first-order chi connectivity index (χ1) is 8.08. The molecule has 5 heteroatoms. The highest BCUT2D eigenvalue weighted by molar-refractivity contribution is 5.79. The standard InChI is InChI=1S/C12H22N2O3/c1-4-9(2)13-11(15)10-5-7-14(8-6-10)12(16)17-3/h9-10H,4-8H2,1-3H3,(H,13,15). The van der Waals surface area contributed by atoms with Crippen LogP contribution in [0.3, 0.4) is 0 Å². The van der Waals surface area contributed by atoms with Crippen LogP contribution in [-0.4, -0.2) is 43.1 Å². The van der Waals surface area contributed by atoms with E-state index < -0.39 is 0 Å². The second-order valence-electron chi connectivity index (χ2n) is 4.55. The van der Waals surface area contributed by atoms with Gasteiger partial charge in [-0.2, -0.15) is 0 Å². The van der Waals surface area contributed by atoms with Crippen LogP contribution < -0.4 is 5.32 Å². The van der Waals surface area contributed by atoms with Crippen LogP contribution in [-0.2, 0) is 9.53 Å². The topological polar surface area (TPSA) is 58.6 Å². The Morgan fingerprint density at radius 2 is 2.00 bits per heavy atom. The fraction of sp³-hybridized carbons (Fsp3) is 0.833. The van der Waals surface area contributed by atoms with Crippen LogP contribution >= 0.6 is 0 Å². The molecule has 1 atom stereocenters. The molecule has 0 aromatic heterocycles. The molecule has 1 heterocycles. The summed E-state index contributed by atoms with van der Waals surface area (Å²) in [6.45, 7) is 5.25. The molecule has 0 spiro atoms. The highest BCUT2D eigenvalue weighted by atomic mass is 16.5. The number of hydrogen-bond acceptors (Lipinski definition) is 3. The molecule has 1 N–H and O–H groups in total. The normalized spacial score (nSPS) is 18.6. The number of rotatable bonds is 3. The van der Waals surface area contributed by atoms with E-state index in [0.717, 1.165) is 19.3 Å². The van der Waals surface area contributed by atoms with Crippen LogP contribution in [0.15, 0.2) is 0 Å². The number of nitrogens with one attached hydrogen (secondary N) is 1. The SMILES string of the molecule is CCC(C)NC(=O)C1CCN(C(=O)OC)CC1. The van der Waals surface area contributed by atoms with Gasteiger partial charge in [0.1, 0.15) is 0 Å². The molecule has 0 aliphatic carbocycles. The first kappa shape index (κ1) is 13.8. The minimum atomic E-state index is -0.300. The Bertz CT molecular complexity index is 273. The number of ether oxygens (including phenoxy) is 1. The van der Waals surface area contributed by atoms with Crippen LogP contribution in [0.2, 0.25) is 0 Å². The van der Waals surface area contributed by atoms with E-state index in [1.165, 1.54) is 7.11 Å². The van der Waals surface area contributed by atoms with Gasteiger partial charge < -0.3 is 15.0 Å². The van der Waals surface area contributed by atoms with Crippen LogP contribution in [0.4, 0.5) is 4.79 Å². The Balaban J connectivity index is 2.36. The summed E-state index contributed by atoms with van der Waals surface area (Å²) in [5.41, 5.74) is 0. The number of carbonyl (C=O) groups is 2. The summed E-state index contributed by atoms with van der Waals surface area (Å²) in [5, 5.41) is 2.98. The number of amides is 2. The summed E-state index contributed by atoms with van der Waals surface area (Å²) in [6, 6.07) is 0.223. The van der Waals surface area contributed by atoms with E-state index in [4.69, 9.17) is 0 Å². The van der Waals surface area contributed by atoms with Gasteiger partial charge in [0.2, 0.25) is 5.91 Å². The van der Waals surface area contributed by atoms with Crippen molar-refractivity contribution in [3.8, 4) is 0 Å². The van der Waals surface area contributed by atoms with Crippen LogP contribution in [0, 0.1) is 5.92 Å². The van der Waals surface area contributed by atoms with Crippen molar-refractivity contribution in [2.24, 2.45) is 5.92 Å². The average molecular weight is 242 g/mol. The quantitative estimate of drug-likeness (QED) is 0.813. The molecule has 5 nitrogen and oxygen atoms in total. The Kier molecular flexibility index (Phi) is 5.25. The van der Waals surface area contributed by atoms with Gasteiger partial charge in [-0.3, -0.25) is 4.79 Å². The van der Waals surface area contributed by atoms with Crippen molar-refractivity contribution in [2.45, 2.75) is 39.2 Å². The number of nitrogens with zero attached hydrogens (tertiary/aromatic N) is 1. The molecule has 1 rings (SSSR count). The summed E-state index contributed by atoms with van der Waals surface area (Å²) in [4.78, 5) is 24.8. The predicted octanol–water partition coefficient (Wildman–Crippen LogP) is 1.38. The van der Waals surface area contributed by atoms with Crippen molar-refractivity contribution in [1.82, 2.24) is 10.2 Å². The first-order valence-corrected chi connectivity index (χ1v) is 6.21. The molecule has 1 aliphatic heterocycles. The summed E-state index contributed by atoms with van der Waals surface area (Å²) in [6.07, 6.45) is 2.08. The van der Waals surface area contributed by atoms with Crippen molar-refractivity contribution < 1.29 is 14.3 Å². The molecule has 1 saturated heterocycles. The van der Waals surface area contributed by atoms with Gasteiger partial charge in [-0.15, -0.1) is 0 Å². The van der Waals surface area contributed by atoms with E-state index >= 15 is 0 Å². The molecule has 0 saturated carbocycles. The van der Waals surface area contributed by atoms with Crippen LogP contribution in [0.25, 0.3) is 0 Å². The van der Waals surface area contributed by atoms with E-state index in [-0.39, 0.29) is 24.0 Å². The lowest BCUT2D eigenvalue weighted by Crippen LogP contribution is -2.44. The van der Waals surface area contributed by atoms with Crippen molar-refractivity contribution >= 4 is 12.0 Å². The summed E-state index contributed by atoms with van der Waals surface area (Å²) in [7, 11) is 1.38. The maximum absolute atomic E-state index is 11.9. The summed E-state index contributed by atoms with van der Waals surface area (Å²) < 4.78 is 4.65. The van der Waals surface area contributed by atoms with Gasteiger partial charge in [-0.1, -0.05) is 6.92 Å². The first-order valence-electron chi connectivity index (χ1n) is 6.21. The average Bonchev–Trinajstić information content (AvgIpc) is 2.37. The number of piperidine rings is 1. The van der Waals surface area contributed by atoms with Gasteiger partial charge >= 0.3 is 6.09 Å². The maximum atomic E-state index is 11.9. The lowest BCUT2D eigenvalue weighted by Gasteiger charge is -2.30. The van der Waals surface area contributed by atoms with Gasteiger partial charge in [0.15, 0.2) is 0 Å². The fourth-order valence-corrected chi connectivity index (χ4v) is 1.92. The number of likely N-dealkylation sites (tertiary alicyclic amines) is 1. The molecule has 17 heavy (non-hydrogen) atoms. The summed E-state index contributed by atoms with van der Waals surface area (Å²) in [5.74, 6) is 0.147. The van der Waals surface area contributed by atoms with E-state index in [1.807, 2.05) is 13.8 Å². The third-order valence-corrected chi connectivity index (χ3v) is 3.30. The Hall–Kier alpha value is -1.26. The highest BCUT2D eigenvalue weighted by Crippen LogP contribution is 2.18. The molecular weight excluding hydrogens is 220 g/mol. The molecule has 0 aromatic carbocycles. The summed E-state index contributed by atoms with van der Waals surface area (Å²) >= 11 is 0.